The fourth-order valence-corrected chi connectivity index (χ4v) is 1.83. The van der Waals surface area contributed by atoms with Crippen LogP contribution in [0.15, 0.2) is 12.1 Å². The van der Waals surface area contributed by atoms with E-state index in [4.69, 9.17) is 0 Å². The Morgan fingerprint density at radius 2 is 1.88 bits per heavy atom. The number of carbonyl (C=O) groups excluding carboxylic acids is 1. The van der Waals surface area contributed by atoms with Crippen molar-refractivity contribution in [3.63, 3.8) is 0 Å². The smallest absolute Gasteiger partial charge is 0.223 e. The highest BCUT2D eigenvalue weighted by Gasteiger charge is 2.44. The zero-order valence-electron chi connectivity index (χ0n) is 8.56. The number of hydrogen-bond donors (Lipinski definition) is 1. The highest BCUT2D eigenvalue weighted by atomic mass is 19.2. The second-order valence-electron chi connectivity index (χ2n) is 3.86. The van der Waals surface area contributed by atoms with Crippen molar-refractivity contribution >= 4 is 5.91 Å². The molecule has 1 amide bonds. The molecule has 0 radical (unpaired) electrons. The Bertz CT molecular complexity index is 424. The van der Waals surface area contributed by atoms with Crippen molar-refractivity contribution in [1.29, 1.82) is 0 Å². The van der Waals surface area contributed by atoms with Crippen LogP contribution in [0.25, 0.3) is 0 Å². The molecule has 2 atom stereocenters. The molecule has 1 fully saturated rings. The number of amides is 1. The van der Waals surface area contributed by atoms with E-state index >= 15 is 0 Å². The van der Waals surface area contributed by atoms with Crippen LogP contribution < -0.4 is 5.32 Å². The molecule has 0 aliphatic heterocycles. The molecule has 0 unspecified atom stereocenters. The van der Waals surface area contributed by atoms with Crippen molar-refractivity contribution in [3.05, 3.63) is 35.1 Å². The summed E-state index contributed by atoms with van der Waals surface area (Å²) in [6.07, 6.45) is 0.546. The minimum absolute atomic E-state index is 0.157. The van der Waals surface area contributed by atoms with Gasteiger partial charge in [-0.05, 0) is 30.0 Å². The quantitative estimate of drug-likeness (QED) is 0.771. The van der Waals surface area contributed by atoms with Crippen LogP contribution in [-0.2, 0) is 4.79 Å². The van der Waals surface area contributed by atoms with E-state index < -0.39 is 17.5 Å². The van der Waals surface area contributed by atoms with E-state index in [0.29, 0.717) is 12.0 Å². The molecule has 2 nitrogen and oxygen atoms in total. The van der Waals surface area contributed by atoms with Crippen LogP contribution in [0.3, 0.4) is 0 Å². The summed E-state index contributed by atoms with van der Waals surface area (Å²) in [5, 5.41) is 2.47. The number of hydrogen-bond acceptors (Lipinski definition) is 1. The lowest BCUT2D eigenvalue weighted by atomic mass is 10.1. The van der Waals surface area contributed by atoms with E-state index in [2.05, 4.69) is 5.32 Å². The average Bonchev–Trinajstić information content (AvgIpc) is 3.04. The van der Waals surface area contributed by atoms with E-state index in [1.54, 1.807) is 0 Å². The number of carbonyl (C=O) groups is 1. The molecule has 16 heavy (non-hydrogen) atoms. The fraction of sp³-hybridized carbons (Fsp3) is 0.364. The zero-order chi connectivity index (χ0) is 11.9. The summed E-state index contributed by atoms with van der Waals surface area (Å²) in [6, 6.07) is 1.90. The van der Waals surface area contributed by atoms with Crippen LogP contribution in [0.5, 0.6) is 0 Å². The molecule has 5 heteroatoms. The molecule has 1 aliphatic carbocycles. The highest BCUT2D eigenvalue weighted by molar-refractivity contribution is 5.82. The lowest BCUT2D eigenvalue weighted by Crippen LogP contribution is -2.20. The minimum Gasteiger partial charge on any atom is -0.359 e. The third kappa shape index (κ3) is 1.77. The van der Waals surface area contributed by atoms with E-state index in [0.717, 1.165) is 12.1 Å². The molecule has 1 aromatic carbocycles. The van der Waals surface area contributed by atoms with Gasteiger partial charge in [0.15, 0.2) is 17.5 Å². The highest BCUT2D eigenvalue weighted by Crippen LogP contribution is 2.47. The van der Waals surface area contributed by atoms with Gasteiger partial charge in [-0.1, -0.05) is 0 Å². The summed E-state index contributed by atoms with van der Waals surface area (Å²) in [6.45, 7) is 0. The van der Waals surface area contributed by atoms with Crippen molar-refractivity contribution in [2.45, 2.75) is 12.3 Å². The SMILES string of the molecule is CNC(=O)[C@H]1C[C@H]1c1cc(F)c(F)c(F)c1. The van der Waals surface area contributed by atoms with Gasteiger partial charge in [0.25, 0.3) is 0 Å². The Kier molecular flexibility index (Phi) is 2.61. The van der Waals surface area contributed by atoms with Gasteiger partial charge in [0, 0.05) is 13.0 Å². The normalized spacial score (nSPS) is 23.0. The van der Waals surface area contributed by atoms with Crippen molar-refractivity contribution in [1.82, 2.24) is 5.32 Å². The summed E-state index contributed by atoms with van der Waals surface area (Å²) >= 11 is 0. The van der Waals surface area contributed by atoms with Gasteiger partial charge in [-0.25, -0.2) is 13.2 Å². The number of halogens is 3. The van der Waals surface area contributed by atoms with Crippen LogP contribution in [0.4, 0.5) is 13.2 Å². The summed E-state index contributed by atoms with van der Waals surface area (Å²) < 4.78 is 38.5. The molecule has 0 bridgehead atoms. The number of rotatable bonds is 2. The maximum absolute atomic E-state index is 12.9. The molecule has 0 aromatic heterocycles. The second-order valence-corrected chi connectivity index (χ2v) is 3.86. The van der Waals surface area contributed by atoms with Crippen LogP contribution in [0.2, 0.25) is 0 Å². The maximum atomic E-state index is 12.9. The standard InChI is InChI=1S/C11H10F3NO/c1-15-11(16)7-4-6(7)5-2-8(12)10(14)9(13)3-5/h2-3,6-7H,4H2,1H3,(H,15,16)/t6-,7-/m0/s1. The Balaban J connectivity index is 2.22. The second kappa shape index (κ2) is 3.81. The molecule has 0 saturated heterocycles. The molecule has 1 aromatic rings. The summed E-state index contributed by atoms with van der Waals surface area (Å²) in [5.41, 5.74) is 0.338. The Morgan fingerprint density at radius 3 is 2.38 bits per heavy atom. The van der Waals surface area contributed by atoms with Gasteiger partial charge in [-0.15, -0.1) is 0 Å². The molecule has 1 aliphatic rings. The van der Waals surface area contributed by atoms with Gasteiger partial charge in [-0.3, -0.25) is 4.79 Å². The maximum Gasteiger partial charge on any atom is 0.223 e. The van der Waals surface area contributed by atoms with E-state index in [1.165, 1.54) is 7.05 Å². The molecule has 2 rings (SSSR count). The minimum atomic E-state index is -1.47. The lowest BCUT2D eigenvalue weighted by molar-refractivity contribution is -0.121. The molecular formula is C11H10F3NO. The van der Waals surface area contributed by atoms with Gasteiger partial charge < -0.3 is 5.32 Å². The molecule has 0 heterocycles. The van der Waals surface area contributed by atoms with Gasteiger partial charge in [-0.2, -0.15) is 0 Å². The Labute approximate surface area is 90.5 Å². The predicted molar refractivity (Wildman–Crippen MR) is 51.2 cm³/mol. The van der Waals surface area contributed by atoms with E-state index in [9.17, 15) is 18.0 Å². The first-order valence-corrected chi connectivity index (χ1v) is 4.90. The van der Waals surface area contributed by atoms with Crippen molar-refractivity contribution in [3.8, 4) is 0 Å². The molecule has 86 valence electrons. The molecule has 1 N–H and O–H groups in total. The van der Waals surface area contributed by atoms with E-state index in [1.807, 2.05) is 0 Å². The van der Waals surface area contributed by atoms with Crippen LogP contribution in [0.1, 0.15) is 17.9 Å². The van der Waals surface area contributed by atoms with Crippen LogP contribution in [0, 0.1) is 23.4 Å². The number of nitrogens with one attached hydrogen (secondary N) is 1. The summed E-state index contributed by atoms with van der Waals surface area (Å²) in [5.74, 6) is -4.51. The van der Waals surface area contributed by atoms with E-state index in [-0.39, 0.29) is 17.7 Å². The fourth-order valence-electron chi connectivity index (χ4n) is 1.83. The number of benzene rings is 1. The third-order valence-corrected chi connectivity index (χ3v) is 2.81. The average molecular weight is 229 g/mol. The molecule has 0 spiro atoms. The largest absolute Gasteiger partial charge is 0.359 e. The van der Waals surface area contributed by atoms with Gasteiger partial charge in [0.2, 0.25) is 5.91 Å². The first-order chi connectivity index (χ1) is 7.54. The van der Waals surface area contributed by atoms with Crippen molar-refractivity contribution < 1.29 is 18.0 Å². The van der Waals surface area contributed by atoms with Gasteiger partial charge in [0.1, 0.15) is 0 Å². The Hall–Kier alpha value is -1.52. The zero-order valence-corrected chi connectivity index (χ0v) is 8.56. The van der Waals surface area contributed by atoms with Crippen molar-refractivity contribution in [2.75, 3.05) is 7.05 Å². The lowest BCUT2D eigenvalue weighted by Gasteiger charge is -2.02. The topological polar surface area (TPSA) is 29.1 Å². The first kappa shape index (κ1) is 11.0. The molecule has 1 saturated carbocycles. The summed E-state index contributed by atoms with van der Waals surface area (Å²) in [4.78, 5) is 11.2. The molecular weight excluding hydrogens is 219 g/mol. The summed E-state index contributed by atoms with van der Waals surface area (Å²) in [7, 11) is 1.50. The van der Waals surface area contributed by atoms with Gasteiger partial charge >= 0.3 is 0 Å². The van der Waals surface area contributed by atoms with Crippen LogP contribution in [-0.4, -0.2) is 13.0 Å². The Morgan fingerprint density at radius 1 is 1.31 bits per heavy atom. The van der Waals surface area contributed by atoms with Gasteiger partial charge in [0.05, 0.1) is 0 Å². The van der Waals surface area contributed by atoms with Crippen LogP contribution >= 0.6 is 0 Å². The first-order valence-electron chi connectivity index (χ1n) is 4.90. The monoisotopic (exact) mass is 229 g/mol. The van der Waals surface area contributed by atoms with Crippen molar-refractivity contribution in [2.24, 2.45) is 5.92 Å². The third-order valence-electron chi connectivity index (χ3n) is 2.81. The predicted octanol–water partition coefficient (Wildman–Crippen LogP) is 1.95.